The Morgan fingerprint density at radius 1 is 1.10 bits per heavy atom. The van der Waals surface area contributed by atoms with Crippen molar-refractivity contribution in [2.45, 2.75) is 31.7 Å². The van der Waals surface area contributed by atoms with E-state index in [1.54, 1.807) is 6.07 Å². The van der Waals surface area contributed by atoms with Gasteiger partial charge in [-0.25, -0.2) is 4.98 Å². The number of hydrogen-bond acceptors (Lipinski definition) is 4. The molecule has 0 aliphatic heterocycles. The van der Waals surface area contributed by atoms with Gasteiger partial charge in [0.1, 0.15) is 0 Å². The molecule has 0 saturated heterocycles. The molecule has 0 spiro atoms. The monoisotopic (exact) mass is 305 g/mol. The van der Waals surface area contributed by atoms with E-state index < -0.39 is 10.0 Å². The first-order valence-electron chi connectivity index (χ1n) is 6.83. The molecule has 21 heavy (non-hydrogen) atoms. The van der Waals surface area contributed by atoms with E-state index >= 15 is 0 Å². The molecule has 3 N–H and O–H groups in total. The van der Waals surface area contributed by atoms with E-state index in [2.05, 4.69) is 9.71 Å². The standard InChI is InChI=1S/C15H19N3O2S/c1-3-11-7-5-8-12(4-2)14(11)18-21(19,20)15-13(16)9-6-10-17-15/h5-10,18H,3-4,16H2,1-2H3. The predicted octanol–water partition coefficient (Wildman–Crippen LogP) is 2.59. The van der Waals surface area contributed by atoms with Gasteiger partial charge in [0, 0.05) is 6.20 Å². The van der Waals surface area contributed by atoms with Crippen LogP contribution in [-0.4, -0.2) is 13.4 Å². The number of sulfonamides is 1. The number of hydrogen-bond donors (Lipinski definition) is 2. The normalized spacial score (nSPS) is 11.3. The Morgan fingerprint density at radius 2 is 1.71 bits per heavy atom. The van der Waals surface area contributed by atoms with Gasteiger partial charge in [-0.3, -0.25) is 4.72 Å². The topological polar surface area (TPSA) is 85.1 Å². The summed E-state index contributed by atoms with van der Waals surface area (Å²) in [7, 11) is -3.80. The number of pyridine rings is 1. The van der Waals surface area contributed by atoms with Crippen molar-refractivity contribution >= 4 is 21.4 Å². The Balaban J connectivity index is 2.49. The molecule has 5 nitrogen and oxygen atoms in total. The molecule has 112 valence electrons. The minimum absolute atomic E-state index is 0.136. The van der Waals surface area contributed by atoms with Crippen molar-refractivity contribution in [1.82, 2.24) is 4.98 Å². The van der Waals surface area contributed by atoms with E-state index in [0.29, 0.717) is 5.69 Å². The summed E-state index contributed by atoms with van der Waals surface area (Å²) < 4.78 is 27.7. The van der Waals surface area contributed by atoms with E-state index in [4.69, 9.17) is 5.73 Å². The smallest absolute Gasteiger partial charge is 0.281 e. The second-order valence-corrected chi connectivity index (χ2v) is 6.26. The van der Waals surface area contributed by atoms with Crippen LogP contribution >= 0.6 is 0 Å². The van der Waals surface area contributed by atoms with E-state index in [0.717, 1.165) is 24.0 Å². The summed E-state index contributed by atoms with van der Waals surface area (Å²) in [5, 5.41) is -0.141. The minimum Gasteiger partial charge on any atom is -0.396 e. The van der Waals surface area contributed by atoms with Crippen LogP contribution in [0.15, 0.2) is 41.6 Å². The van der Waals surface area contributed by atoms with Gasteiger partial charge in [0.25, 0.3) is 10.0 Å². The van der Waals surface area contributed by atoms with Gasteiger partial charge >= 0.3 is 0 Å². The van der Waals surface area contributed by atoms with Crippen LogP contribution in [-0.2, 0) is 22.9 Å². The largest absolute Gasteiger partial charge is 0.396 e. The number of nitrogens with zero attached hydrogens (tertiary/aromatic N) is 1. The summed E-state index contributed by atoms with van der Waals surface area (Å²) in [6.07, 6.45) is 2.89. The molecule has 0 saturated carbocycles. The van der Waals surface area contributed by atoms with Crippen molar-refractivity contribution in [3.8, 4) is 0 Å². The second-order valence-electron chi connectivity index (χ2n) is 4.66. The first-order valence-corrected chi connectivity index (χ1v) is 8.32. The number of aromatic nitrogens is 1. The molecule has 0 atom stereocenters. The highest BCUT2D eigenvalue weighted by Crippen LogP contribution is 2.26. The molecule has 6 heteroatoms. The zero-order valence-electron chi connectivity index (χ0n) is 12.1. The average molecular weight is 305 g/mol. The van der Waals surface area contributed by atoms with Gasteiger partial charge in [-0.2, -0.15) is 8.42 Å². The third kappa shape index (κ3) is 3.16. The highest BCUT2D eigenvalue weighted by Gasteiger charge is 2.21. The van der Waals surface area contributed by atoms with Gasteiger partial charge in [0.15, 0.2) is 5.03 Å². The van der Waals surface area contributed by atoms with Crippen LogP contribution in [0.2, 0.25) is 0 Å². The molecule has 0 unspecified atom stereocenters. The molecular formula is C15H19N3O2S. The SMILES string of the molecule is CCc1cccc(CC)c1NS(=O)(=O)c1ncccc1N. The molecule has 1 aromatic carbocycles. The number of aryl methyl sites for hydroxylation is 2. The first kappa shape index (κ1) is 15.3. The van der Waals surface area contributed by atoms with Crippen molar-refractivity contribution < 1.29 is 8.42 Å². The summed E-state index contributed by atoms with van der Waals surface area (Å²) in [5.74, 6) is 0. The maximum Gasteiger partial charge on any atom is 0.281 e. The van der Waals surface area contributed by atoms with Crippen LogP contribution in [0.5, 0.6) is 0 Å². The number of anilines is 2. The van der Waals surface area contributed by atoms with Gasteiger partial charge < -0.3 is 5.73 Å². The van der Waals surface area contributed by atoms with Crippen molar-refractivity contribution in [3.63, 3.8) is 0 Å². The molecule has 0 fully saturated rings. The van der Waals surface area contributed by atoms with Crippen LogP contribution in [0.4, 0.5) is 11.4 Å². The zero-order valence-corrected chi connectivity index (χ0v) is 12.9. The number of rotatable bonds is 5. The maximum atomic E-state index is 12.5. The lowest BCUT2D eigenvalue weighted by Crippen LogP contribution is -2.18. The van der Waals surface area contributed by atoms with Crippen molar-refractivity contribution in [2.24, 2.45) is 0 Å². The maximum absolute atomic E-state index is 12.5. The van der Waals surface area contributed by atoms with Crippen LogP contribution < -0.4 is 10.5 Å². The summed E-state index contributed by atoms with van der Waals surface area (Å²) in [6, 6.07) is 8.89. The first-order chi connectivity index (χ1) is 9.99. The molecule has 2 rings (SSSR count). The molecule has 0 radical (unpaired) electrons. The summed E-state index contributed by atoms with van der Waals surface area (Å²) in [4.78, 5) is 3.88. The van der Waals surface area contributed by atoms with Gasteiger partial charge in [-0.05, 0) is 36.1 Å². The summed E-state index contributed by atoms with van der Waals surface area (Å²) in [5.41, 5.74) is 8.39. The lowest BCUT2D eigenvalue weighted by Gasteiger charge is -2.15. The summed E-state index contributed by atoms with van der Waals surface area (Å²) in [6.45, 7) is 3.98. The third-order valence-electron chi connectivity index (χ3n) is 3.29. The van der Waals surface area contributed by atoms with E-state index in [1.807, 2.05) is 32.0 Å². The molecule has 1 heterocycles. The van der Waals surface area contributed by atoms with Gasteiger partial charge in [-0.15, -0.1) is 0 Å². The van der Waals surface area contributed by atoms with Crippen molar-refractivity contribution in [3.05, 3.63) is 47.7 Å². The minimum atomic E-state index is -3.80. The van der Waals surface area contributed by atoms with Crippen LogP contribution in [0.3, 0.4) is 0 Å². The molecule has 0 bridgehead atoms. The number of para-hydroxylation sites is 1. The fraction of sp³-hybridized carbons (Fsp3) is 0.267. The highest BCUT2D eigenvalue weighted by molar-refractivity contribution is 7.92. The van der Waals surface area contributed by atoms with Crippen LogP contribution in [0.1, 0.15) is 25.0 Å². The van der Waals surface area contributed by atoms with Crippen molar-refractivity contribution in [2.75, 3.05) is 10.5 Å². The Hall–Kier alpha value is -2.08. The van der Waals surface area contributed by atoms with Gasteiger partial charge in [0.2, 0.25) is 0 Å². The Morgan fingerprint density at radius 3 is 2.24 bits per heavy atom. The number of benzene rings is 1. The number of nitrogens with one attached hydrogen (secondary N) is 1. The second kappa shape index (κ2) is 6.13. The fourth-order valence-corrected chi connectivity index (χ4v) is 3.39. The third-order valence-corrected chi connectivity index (χ3v) is 4.61. The average Bonchev–Trinajstić information content (AvgIpc) is 2.47. The molecule has 1 aromatic heterocycles. The van der Waals surface area contributed by atoms with Crippen molar-refractivity contribution in [1.29, 1.82) is 0 Å². The Kier molecular flexibility index (Phi) is 4.47. The van der Waals surface area contributed by atoms with E-state index in [9.17, 15) is 8.42 Å². The molecular weight excluding hydrogens is 286 g/mol. The molecule has 0 aliphatic carbocycles. The van der Waals surface area contributed by atoms with Gasteiger partial charge in [0.05, 0.1) is 11.4 Å². The van der Waals surface area contributed by atoms with Gasteiger partial charge in [-0.1, -0.05) is 32.0 Å². The zero-order chi connectivity index (χ0) is 15.5. The molecule has 0 aliphatic rings. The highest BCUT2D eigenvalue weighted by atomic mass is 32.2. The molecule has 2 aromatic rings. The summed E-state index contributed by atoms with van der Waals surface area (Å²) >= 11 is 0. The van der Waals surface area contributed by atoms with E-state index in [1.165, 1.54) is 12.3 Å². The van der Waals surface area contributed by atoms with Crippen LogP contribution in [0, 0.1) is 0 Å². The molecule has 0 amide bonds. The number of nitrogens with two attached hydrogens (primary N) is 1. The van der Waals surface area contributed by atoms with Crippen LogP contribution in [0.25, 0.3) is 0 Å². The van der Waals surface area contributed by atoms with E-state index in [-0.39, 0.29) is 10.7 Å². The fourth-order valence-electron chi connectivity index (χ4n) is 2.18. The Labute approximate surface area is 125 Å². The quantitative estimate of drug-likeness (QED) is 0.889. The number of nitrogen functional groups attached to an aromatic ring is 1. The predicted molar refractivity (Wildman–Crippen MR) is 84.7 cm³/mol. The lowest BCUT2D eigenvalue weighted by molar-refractivity contribution is 0.598. The Bertz CT molecular complexity index is 720. The lowest BCUT2D eigenvalue weighted by atomic mass is 10.0.